The van der Waals surface area contributed by atoms with Crippen molar-refractivity contribution in [2.45, 2.75) is 0 Å². The fourth-order valence-electron chi connectivity index (χ4n) is 11.4. The molecule has 0 amide bonds. The first-order valence-corrected chi connectivity index (χ1v) is 26.5. The molecular weight excluding hydrogens is 873 g/mol. The van der Waals surface area contributed by atoms with Gasteiger partial charge in [-0.1, -0.05) is 243 Å². The number of fused-ring (bicyclic) bond motifs is 5. The summed E-state index contributed by atoms with van der Waals surface area (Å²) < 4.78 is 2.41. The highest BCUT2D eigenvalue weighted by atomic mass is 28.3. The Balaban J connectivity index is 1.00. The van der Waals surface area contributed by atoms with E-state index in [4.69, 9.17) is 0 Å². The zero-order chi connectivity index (χ0) is 47.1. The largest absolute Gasteiger partial charge is 0.309 e. The van der Waals surface area contributed by atoms with Gasteiger partial charge in [0.2, 0.25) is 0 Å². The van der Waals surface area contributed by atoms with E-state index < -0.39 is 8.07 Å². The molecule has 12 aromatic carbocycles. The second kappa shape index (κ2) is 17.8. The molecule has 0 aliphatic rings. The summed E-state index contributed by atoms with van der Waals surface area (Å²) >= 11 is 0. The van der Waals surface area contributed by atoms with E-state index in [1.54, 1.807) is 0 Å². The summed E-state index contributed by atoms with van der Waals surface area (Å²) in [7, 11) is -2.69. The lowest BCUT2D eigenvalue weighted by molar-refractivity contribution is 1.18. The molecule has 13 rings (SSSR count). The Kier molecular flexibility index (Phi) is 10.6. The molecule has 13 aromatic rings. The van der Waals surface area contributed by atoms with Gasteiger partial charge in [0.05, 0.1) is 22.4 Å². The summed E-state index contributed by atoms with van der Waals surface area (Å²) in [5.41, 5.74) is 11.6. The summed E-state index contributed by atoms with van der Waals surface area (Å²) in [5, 5.41) is 12.7. The van der Waals surface area contributed by atoms with Crippen LogP contribution in [0.4, 0.5) is 17.1 Å². The molecule has 0 bridgehead atoms. The van der Waals surface area contributed by atoms with E-state index in [1.807, 2.05) is 0 Å². The van der Waals surface area contributed by atoms with Gasteiger partial charge in [-0.3, -0.25) is 0 Å². The van der Waals surface area contributed by atoms with Crippen molar-refractivity contribution in [3.63, 3.8) is 0 Å². The van der Waals surface area contributed by atoms with Gasteiger partial charge in [0.15, 0.2) is 8.07 Å². The molecule has 0 N–H and O–H groups in total. The normalized spacial score (nSPS) is 11.7. The van der Waals surface area contributed by atoms with E-state index in [0.29, 0.717) is 0 Å². The summed E-state index contributed by atoms with van der Waals surface area (Å²) in [6.07, 6.45) is 0. The minimum atomic E-state index is -2.69. The molecule has 0 spiro atoms. The highest BCUT2D eigenvalue weighted by Crippen LogP contribution is 2.47. The molecule has 1 aromatic heterocycles. The van der Waals surface area contributed by atoms with Crippen molar-refractivity contribution in [1.29, 1.82) is 0 Å². The van der Waals surface area contributed by atoms with Crippen LogP contribution in [0, 0.1) is 0 Å². The number of aromatic nitrogens is 1. The molecule has 0 atom stereocenters. The third-order valence-corrected chi connectivity index (χ3v) is 19.3. The molecule has 0 aliphatic heterocycles. The Morgan fingerprint density at radius 2 is 0.746 bits per heavy atom. The lowest BCUT2D eigenvalue weighted by Gasteiger charge is -2.34. The molecule has 0 saturated carbocycles. The lowest BCUT2D eigenvalue weighted by atomic mass is 9.95. The lowest BCUT2D eigenvalue weighted by Crippen LogP contribution is -2.74. The predicted octanol–water partition coefficient (Wildman–Crippen LogP) is 15.3. The third-order valence-electron chi connectivity index (χ3n) is 14.5. The van der Waals surface area contributed by atoms with Gasteiger partial charge in [-0.05, 0) is 108 Å². The maximum atomic E-state index is 2.49. The summed E-state index contributed by atoms with van der Waals surface area (Å²) in [6, 6.07) is 107. The summed E-state index contributed by atoms with van der Waals surface area (Å²) in [5.74, 6) is 0. The predicted molar refractivity (Wildman–Crippen MR) is 305 cm³/mol. The Morgan fingerprint density at radius 3 is 1.39 bits per heavy atom. The molecule has 0 fully saturated rings. The first kappa shape index (κ1) is 42.1. The molecule has 1 heterocycles. The Hall–Kier alpha value is -9.02. The average Bonchev–Trinajstić information content (AvgIpc) is 3.80. The highest BCUT2D eigenvalue weighted by Gasteiger charge is 2.41. The number of hydrogen-bond acceptors (Lipinski definition) is 1. The molecular formula is C68H48N2Si. The van der Waals surface area contributed by atoms with Gasteiger partial charge >= 0.3 is 0 Å². The Morgan fingerprint density at radius 1 is 0.282 bits per heavy atom. The molecule has 2 nitrogen and oxygen atoms in total. The molecule has 0 aliphatic carbocycles. The monoisotopic (exact) mass is 920 g/mol. The van der Waals surface area contributed by atoms with Crippen LogP contribution in [-0.2, 0) is 0 Å². The van der Waals surface area contributed by atoms with Gasteiger partial charge < -0.3 is 9.47 Å². The smallest absolute Gasteiger partial charge is 0.179 e. The maximum Gasteiger partial charge on any atom is 0.179 e. The minimum absolute atomic E-state index is 1.09. The third kappa shape index (κ3) is 7.09. The molecule has 0 unspecified atom stereocenters. The van der Waals surface area contributed by atoms with Crippen LogP contribution >= 0.6 is 0 Å². The van der Waals surface area contributed by atoms with Crippen LogP contribution in [0.2, 0.25) is 0 Å². The number of para-hydroxylation sites is 2. The molecule has 0 saturated heterocycles. The number of benzene rings is 12. The van der Waals surface area contributed by atoms with Gasteiger partial charge in [-0.2, -0.15) is 0 Å². The topological polar surface area (TPSA) is 8.17 Å². The summed E-state index contributed by atoms with van der Waals surface area (Å²) in [4.78, 5) is 2.49. The fourth-order valence-corrected chi connectivity index (χ4v) is 16.2. The minimum Gasteiger partial charge on any atom is -0.309 e. The van der Waals surface area contributed by atoms with E-state index in [-0.39, 0.29) is 0 Å². The van der Waals surface area contributed by atoms with Crippen molar-refractivity contribution < 1.29 is 0 Å². The van der Waals surface area contributed by atoms with Crippen molar-refractivity contribution >= 4 is 89.2 Å². The first-order chi connectivity index (χ1) is 35.3. The van der Waals surface area contributed by atoms with E-state index in [9.17, 15) is 0 Å². The Labute approximate surface area is 415 Å². The van der Waals surface area contributed by atoms with E-state index >= 15 is 0 Å². The number of hydrogen-bond donors (Lipinski definition) is 0. The zero-order valence-electron chi connectivity index (χ0n) is 39.1. The van der Waals surface area contributed by atoms with Crippen molar-refractivity contribution in [3.05, 3.63) is 291 Å². The van der Waals surface area contributed by atoms with E-state index in [2.05, 4.69) is 301 Å². The standard InChI is InChI=1S/C68H48N2Si/c1-5-23-52(24-6-1)69-64-36-18-17-34-63(64)68-66(69)37-20-38-67(68)70(53-43-39-50(40-44-53)59-35-19-22-49-21-13-14-31-58(49)59)65-48-47-60(61-32-15-16-33-62(61)65)51-41-45-57(46-42-51)71(54-25-7-2-8-26-54,55-27-9-3-10-28-55)56-29-11-4-12-30-56/h1-48H. The molecule has 334 valence electrons. The number of rotatable bonds is 10. The molecule has 3 heteroatoms. The molecule has 0 radical (unpaired) electrons. The van der Waals surface area contributed by atoms with Crippen molar-refractivity contribution in [1.82, 2.24) is 4.57 Å². The van der Waals surface area contributed by atoms with Gasteiger partial charge in [0.25, 0.3) is 0 Å². The fraction of sp³-hybridized carbons (Fsp3) is 0. The van der Waals surface area contributed by atoms with Crippen LogP contribution < -0.4 is 25.6 Å². The average molecular weight is 921 g/mol. The number of anilines is 3. The maximum absolute atomic E-state index is 2.69. The Bertz CT molecular complexity index is 3910. The summed E-state index contributed by atoms with van der Waals surface area (Å²) in [6.45, 7) is 0. The van der Waals surface area contributed by atoms with Gasteiger partial charge in [-0.15, -0.1) is 0 Å². The first-order valence-electron chi connectivity index (χ1n) is 24.5. The van der Waals surface area contributed by atoms with Gasteiger partial charge in [0.1, 0.15) is 0 Å². The van der Waals surface area contributed by atoms with Crippen molar-refractivity contribution in [2.24, 2.45) is 0 Å². The van der Waals surface area contributed by atoms with Crippen LogP contribution in [0.15, 0.2) is 291 Å². The van der Waals surface area contributed by atoms with Gasteiger partial charge in [0, 0.05) is 27.5 Å². The van der Waals surface area contributed by atoms with Gasteiger partial charge in [-0.25, -0.2) is 0 Å². The molecule has 71 heavy (non-hydrogen) atoms. The van der Waals surface area contributed by atoms with Crippen LogP contribution in [0.5, 0.6) is 0 Å². The van der Waals surface area contributed by atoms with Crippen LogP contribution in [-0.4, -0.2) is 12.6 Å². The van der Waals surface area contributed by atoms with Crippen LogP contribution in [0.1, 0.15) is 0 Å². The van der Waals surface area contributed by atoms with Crippen molar-refractivity contribution in [3.8, 4) is 27.9 Å². The number of nitrogens with zero attached hydrogens (tertiary/aromatic N) is 2. The second-order valence-electron chi connectivity index (χ2n) is 18.4. The van der Waals surface area contributed by atoms with Crippen LogP contribution in [0.25, 0.3) is 71.3 Å². The quantitative estimate of drug-likeness (QED) is 0.0980. The highest BCUT2D eigenvalue weighted by molar-refractivity contribution is 7.19. The van der Waals surface area contributed by atoms with E-state index in [0.717, 1.165) is 28.3 Å². The second-order valence-corrected chi connectivity index (χ2v) is 22.2. The van der Waals surface area contributed by atoms with Crippen molar-refractivity contribution in [2.75, 3.05) is 4.90 Å². The zero-order valence-corrected chi connectivity index (χ0v) is 40.1. The van der Waals surface area contributed by atoms with E-state index in [1.165, 1.54) is 80.8 Å². The van der Waals surface area contributed by atoms with Crippen LogP contribution in [0.3, 0.4) is 0 Å². The SMILES string of the molecule is c1ccc(-n2c3ccccc3c3c(N(c4ccc(-c5cccc6ccccc56)cc4)c4ccc(-c5ccc([Si](c6ccccc6)(c6ccccc6)c6ccccc6)cc5)c5ccccc45)cccc32)cc1.